The van der Waals surface area contributed by atoms with Crippen molar-refractivity contribution in [1.82, 2.24) is 0 Å². The van der Waals surface area contributed by atoms with Crippen LogP contribution in [0.2, 0.25) is 10.0 Å². The number of nitrogens with zero attached hydrogens (tertiary/aromatic N) is 1. The van der Waals surface area contributed by atoms with E-state index in [2.05, 4.69) is 0 Å². The quantitative estimate of drug-likeness (QED) is 0.298. The van der Waals surface area contributed by atoms with Gasteiger partial charge in [-0.25, -0.2) is 17.2 Å². The van der Waals surface area contributed by atoms with Gasteiger partial charge >= 0.3 is 0 Å². The molecule has 0 N–H and O–H groups in total. The molecule has 0 bridgehead atoms. The zero-order chi connectivity index (χ0) is 22.1. The first-order chi connectivity index (χ1) is 14.1. The Morgan fingerprint density at radius 3 is 2.23 bits per heavy atom. The van der Waals surface area contributed by atoms with E-state index in [4.69, 9.17) is 23.2 Å². The highest BCUT2D eigenvalue weighted by Gasteiger charge is 2.32. The Bertz CT molecular complexity index is 1170. The molecule has 0 saturated carbocycles. The van der Waals surface area contributed by atoms with E-state index < -0.39 is 32.5 Å². The van der Waals surface area contributed by atoms with Gasteiger partial charge in [0.15, 0.2) is 4.90 Å². The van der Waals surface area contributed by atoms with Gasteiger partial charge in [-0.1, -0.05) is 48.3 Å². The van der Waals surface area contributed by atoms with Crippen LogP contribution in [0.5, 0.6) is 0 Å². The van der Waals surface area contributed by atoms with Gasteiger partial charge in [0, 0.05) is 26.1 Å². The van der Waals surface area contributed by atoms with Crippen LogP contribution in [0, 0.1) is 15.2 Å². The smallest absolute Gasteiger partial charge is 0.266 e. The fourth-order valence-electron chi connectivity index (χ4n) is 3.06. The largest absolute Gasteiger partial charge is 0.270 e. The third kappa shape index (κ3) is 4.90. The fourth-order valence-corrected chi connectivity index (χ4v) is 5.84. The van der Waals surface area contributed by atoms with Gasteiger partial charge in [-0.2, -0.15) is 0 Å². The van der Waals surface area contributed by atoms with Crippen molar-refractivity contribution in [3.63, 3.8) is 0 Å². The normalized spacial score (nSPS) is 12.6. The molecule has 3 rings (SSSR count). The minimum Gasteiger partial charge on any atom is -0.266 e. The van der Waals surface area contributed by atoms with Gasteiger partial charge in [0.05, 0.1) is 5.69 Å². The molecule has 0 spiro atoms. The highest BCUT2D eigenvalue weighted by atomic mass is 127. The predicted molar refractivity (Wildman–Crippen MR) is 125 cm³/mol. The van der Waals surface area contributed by atoms with Gasteiger partial charge in [0.1, 0.15) is 11.6 Å². The van der Waals surface area contributed by atoms with Crippen molar-refractivity contribution in [3.8, 4) is 0 Å². The molecule has 1 unspecified atom stereocenters. The zero-order valence-corrected chi connectivity index (χ0v) is 20.1. The van der Waals surface area contributed by atoms with E-state index in [-0.39, 0.29) is 6.54 Å². The highest BCUT2D eigenvalue weighted by Crippen LogP contribution is 2.33. The first-order valence-electron chi connectivity index (χ1n) is 8.78. The minimum absolute atomic E-state index is 0.0858. The summed E-state index contributed by atoms with van der Waals surface area (Å²) in [5, 5.41) is 0.832. The molecule has 158 valence electrons. The number of hydrogen-bond acceptors (Lipinski definition) is 2. The number of benzene rings is 3. The predicted octanol–water partition coefficient (Wildman–Crippen LogP) is 6.88. The Morgan fingerprint density at radius 2 is 1.63 bits per heavy atom. The van der Waals surface area contributed by atoms with Crippen molar-refractivity contribution < 1.29 is 17.2 Å². The molecule has 0 radical (unpaired) electrons. The van der Waals surface area contributed by atoms with Gasteiger partial charge in [0.2, 0.25) is 0 Å². The Balaban J connectivity index is 2.12. The maximum atomic E-state index is 14.4. The molecule has 0 aliphatic rings. The minimum atomic E-state index is -4.55. The Hall–Kier alpha value is -1.42. The van der Waals surface area contributed by atoms with Gasteiger partial charge in [-0.05, 0) is 70.6 Å². The van der Waals surface area contributed by atoms with Crippen molar-refractivity contribution in [1.29, 1.82) is 0 Å². The van der Waals surface area contributed by atoms with E-state index in [0.29, 0.717) is 21.3 Å². The molecule has 0 fully saturated rings. The molecule has 1 atom stereocenters. The standard InChI is InChI=1S/C21H16Cl2F2INO2S/c1-13(17-9-8-14(22)10-18(17)23)12-27(16-5-2-4-15(26)11-16)30(28,29)21-19(24)6-3-7-20(21)25/h2-11,13H,12H2,1H3. The molecule has 0 heterocycles. The van der Waals surface area contributed by atoms with Crippen LogP contribution in [0.4, 0.5) is 14.5 Å². The van der Waals surface area contributed by atoms with Crippen LogP contribution in [0.3, 0.4) is 0 Å². The van der Waals surface area contributed by atoms with E-state index in [9.17, 15) is 17.2 Å². The SMILES string of the molecule is CC(CN(c1cccc(I)c1)S(=O)(=O)c1c(F)cccc1F)c1ccc(Cl)cc1Cl. The number of anilines is 1. The summed E-state index contributed by atoms with van der Waals surface area (Å²) in [5.74, 6) is -2.69. The number of sulfonamides is 1. The summed E-state index contributed by atoms with van der Waals surface area (Å²) < 4.78 is 57.3. The molecule has 9 heteroatoms. The van der Waals surface area contributed by atoms with Crippen molar-refractivity contribution in [3.05, 3.63) is 91.5 Å². The first kappa shape index (κ1) is 23.2. The molecule has 0 aromatic heterocycles. The Morgan fingerprint density at radius 1 is 1.00 bits per heavy atom. The van der Waals surface area contributed by atoms with E-state index in [1.165, 1.54) is 0 Å². The summed E-state index contributed by atoms with van der Waals surface area (Å²) in [4.78, 5) is -0.988. The third-order valence-electron chi connectivity index (χ3n) is 4.50. The monoisotopic (exact) mass is 581 g/mol. The average molecular weight is 582 g/mol. The second-order valence-electron chi connectivity index (χ2n) is 6.63. The third-order valence-corrected chi connectivity index (χ3v) is 7.58. The lowest BCUT2D eigenvalue weighted by molar-refractivity contribution is 0.516. The van der Waals surface area contributed by atoms with Crippen molar-refractivity contribution in [2.75, 3.05) is 10.8 Å². The Labute approximate surface area is 197 Å². The molecular weight excluding hydrogens is 566 g/mol. The maximum Gasteiger partial charge on any atom is 0.270 e. The van der Waals surface area contributed by atoms with Gasteiger partial charge in [0.25, 0.3) is 10.0 Å². The molecule has 0 aliphatic carbocycles. The van der Waals surface area contributed by atoms with Crippen LogP contribution < -0.4 is 4.31 Å². The van der Waals surface area contributed by atoms with Gasteiger partial charge in [-0.3, -0.25) is 4.31 Å². The summed E-state index contributed by atoms with van der Waals surface area (Å²) in [6.45, 7) is 1.70. The molecule has 0 aliphatic heterocycles. The van der Waals surface area contributed by atoms with Crippen LogP contribution in [0.1, 0.15) is 18.4 Å². The van der Waals surface area contributed by atoms with Crippen molar-refractivity contribution in [2.45, 2.75) is 17.7 Å². The molecule has 3 nitrogen and oxygen atoms in total. The molecule has 0 amide bonds. The van der Waals surface area contributed by atoms with E-state index in [1.54, 1.807) is 49.4 Å². The Kier molecular flexibility index (Phi) is 7.27. The highest BCUT2D eigenvalue weighted by molar-refractivity contribution is 14.1. The van der Waals surface area contributed by atoms with E-state index in [1.807, 2.05) is 22.6 Å². The summed E-state index contributed by atoms with van der Waals surface area (Å²) in [6.07, 6.45) is 0. The zero-order valence-electron chi connectivity index (χ0n) is 15.6. The lowest BCUT2D eigenvalue weighted by atomic mass is 10.0. The topological polar surface area (TPSA) is 37.4 Å². The molecule has 3 aromatic carbocycles. The maximum absolute atomic E-state index is 14.4. The molecular formula is C21H16Cl2F2INO2S. The molecule has 3 aromatic rings. The van der Waals surface area contributed by atoms with E-state index >= 15 is 0 Å². The fraction of sp³-hybridized carbons (Fsp3) is 0.143. The van der Waals surface area contributed by atoms with Gasteiger partial charge in [-0.15, -0.1) is 0 Å². The first-order valence-corrected chi connectivity index (χ1v) is 12.1. The van der Waals surface area contributed by atoms with Crippen LogP contribution >= 0.6 is 45.8 Å². The summed E-state index contributed by atoms with van der Waals surface area (Å²) >= 11 is 14.3. The van der Waals surface area contributed by atoms with E-state index in [0.717, 1.165) is 26.1 Å². The van der Waals surface area contributed by atoms with Crippen LogP contribution in [0.25, 0.3) is 0 Å². The second-order valence-corrected chi connectivity index (χ2v) is 10.5. The summed E-state index contributed by atoms with van der Waals surface area (Å²) in [7, 11) is -4.55. The van der Waals surface area contributed by atoms with Crippen LogP contribution in [0.15, 0.2) is 65.6 Å². The second kappa shape index (κ2) is 9.38. The van der Waals surface area contributed by atoms with Crippen LogP contribution in [-0.4, -0.2) is 15.0 Å². The average Bonchev–Trinajstić information content (AvgIpc) is 2.65. The summed E-state index contributed by atoms with van der Waals surface area (Å²) in [5.41, 5.74) is 0.961. The summed E-state index contributed by atoms with van der Waals surface area (Å²) in [6, 6.07) is 14.6. The lowest BCUT2D eigenvalue weighted by Crippen LogP contribution is -2.35. The van der Waals surface area contributed by atoms with Crippen molar-refractivity contribution >= 4 is 61.5 Å². The molecule has 0 saturated heterocycles. The number of halogens is 5. The van der Waals surface area contributed by atoms with Crippen LogP contribution in [-0.2, 0) is 10.0 Å². The molecule has 30 heavy (non-hydrogen) atoms. The number of hydrogen-bond donors (Lipinski definition) is 0. The van der Waals surface area contributed by atoms with Gasteiger partial charge < -0.3 is 0 Å². The number of rotatable bonds is 6. The van der Waals surface area contributed by atoms with Crippen molar-refractivity contribution in [2.24, 2.45) is 0 Å². The lowest BCUT2D eigenvalue weighted by Gasteiger charge is -2.28.